The van der Waals surface area contributed by atoms with E-state index < -0.39 is 0 Å². The van der Waals surface area contributed by atoms with Gasteiger partial charge in [0.05, 0.1) is 27.2 Å². The first-order valence-electron chi connectivity index (χ1n) is 5.12. The SMILES string of the molecule is COC(=O)CC1COc2c(OC)cccc21. The molecule has 1 heterocycles. The normalized spacial score (nSPS) is 17.5. The topological polar surface area (TPSA) is 44.8 Å². The Morgan fingerprint density at radius 1 is 1.50 bits per heavy atom. The van der Waals surface area contributed by atoms with Crippen LogP contribution in [-0.4, -0.2) is 26.8 Å². The maximum atomic E-state index is 11.2. The monoisotopic (exact) mass is 222 g/mol. The third-order valence-corrected chi connectivity index (χ3v) is 2.74. The predicted molar refractivity (Wildman–Crippen MR) is 57.9 cm³/mol. The molecule has 0 aliphatic carbocycles. The molecular formula is C12H14O4. The highest BCUT2D eigenvalue weighted by Crippen LogP contribution is 2.42. The van der Waals surface area contributed by atoms with Gasteiger partial charge in [-0.25, -0.2) is 0 Å². The Morgan fingerprint density at radius 3 is 3.00 bits per heavy atom. The van der Waals surface area contributed by atoms with E-state index in [1.165, 1.54) is 7.11 Å². The summed E-state index contributed by atoms with van der Waals surface area (Å²) < 4.78 is 15.4. The highest BCUT2D eigenvalue weighted by atomic mass is 16.5. The lowest BCUT2D eigenvalue weighted by Crippen LogP contribution is -2.09. The van der Waals surface area contributed by atoms with Crippen LogP contribution in [0.2, 0.25) is 0 Å². The van der Waals surface area contributed by atoms with Crippen LogP contribution in [0.3, 0.4) is 0 Å². The number of fused-ring (bicyclic) bond motifs is 1. The van der Waals surface area contributed by atoms with Crippen LogP contribution in [0.5, 0.6) is 11.5 Å². The van der Waals surface area contributed by atoms with E-state index in [1.807, 2.05) is 18.2 Å². The van der Waals surface area contributed by atoms with Gasteiger partial charge in [0, 0.05) is 11.5 Å². The van der Waals surface area contributed by atoms with Gasteiger partial charge in [0.2, 0.25) is 0 Å². The van der Waals surface area contributed by atoms with Crippen molar-refractivity contribution >= 4 is 5.97 Å². The van der Waals surface area contributed by atoms with Crippen molar-refractivity contribution in [1.82, 2.24) is 0 Å². The minimum absolute atomic E-state index is 0.0672. The van der Waals surface area contributed by atoms with Gasteiger partial charge < -0.3 is 14.2 Å². The van der Waals surface area contributed by atoms with Crippen LogP contribution in [0.25, 0.3) is 0 Å². The molecule has 1 aliphatic heterocycles. The van der Waals surface area contributed by atoms with E-state index in [4.69, 9.17) is 9.47 Å². The zero-order valence-electron chi connectivity index (χ0n) is 9.36. The minimum atomic E-state index is -0.218. The van der Waals surface area contributed by atoms with Gasteiger partial charge in [-0.2, -0.15) is 0 Å². The highest BCUT2D eigenvalue weighted by molar-refractivity contribution is 5.71. The van der Waals surface area contributed by atoms with E-state index in [0.29, 0.717) is 18.8 Å². The Kier molecular flexibility index (Phi) is 2.99. The summed E-state index contributed by atoms with van der Waals surface area (Å²) in [6, 6.07) is 5.70. The lowest BCUT2D eigenvalue weighted by atomic mass is 9.98. The first-order chi connectivity index (χ1) is 7.76. The first kappa shape index (κ1) is 10.8. The number of ether oxygens (including phenoxy) is 3. The number of para-hydroxylation sites is 1. The molecule has 0 saturated heterocycles. The van der Waals surface area contributed by atoms with Gasteiger partial charge in [-0.1, -0.05) is 12.1 Å². The van der Waals surface area contributed by atoms with Gasteiger partial charge in [-0.3, -0.25) is 4.79 Å². The second-order valence-electron chi connectivity index (χ2n) is 3.67. The maximum absolute atomic E-state index is 11.2. The molecule has 1 aliphatic rings. The molecule has 86 valence electrons. The number of hydrogen-bond donors (Lipinski definition) is 0. The molecule has 1 aromatic carbocycles. The number of methoxy groups -OCH3 is 2. The van der Waals surface area contributed by atoms with E-state index in [1.54, 1.807) is 7.11 Å². The molecule has 1 unspecified atom stereocenters. The summed E-state index contributed by atoms with van der Waals surface area (Å²) in [6.07, 6.45) is 0.344. The number of rotatable bonds is 3. The number of esters is 1. The largest absolute Gasteiger partial charge is 0.493 e. The van der Waals surface area contributed by atoms with Crippen molar-refractivity contribution < 1.29 is 19.0 Å². The first-order valence-corrected chi connectivity index (χ1v) is 5.12. The van der Waals surface area contributed by atoms with Gasteiger partial charge in [0.1, 0.15) is 0 Å². The molecule has 0 aromatic heterocycles. The molecule has 0 amide bonds. The summed E-state index contributed by atoms with van der Waals surface area (Å²) in [7, 11) is 3.00. The second-order valence-corrected chi connectivity index (χ2v) is 3.67. The van der Waals surface area contributed by atoms with Crippen LogP contribution < -0.4 is 9.47 Å². The zero-order valence-corrected chi connectivity index (χ0v) is 9.36. The Bertz CT molecular complexity index is 400. The van der Waals surface area contributed by atoms with Crippen LogP contribution >= 0.6 is 0 Å². The molecule has 0 spiro atoms. The predicted octanol–water partition coefficient (Wildman–Crippen LogP) is 1.73. The summed E-state index contributed by atoms with van der Waals surface area (Å²) in [6.45, 7) is 0.505. The lowest BCUT2D eigenvalue weighted by molar-refractivity contribution is -0.141. The van der Waals surface area contributed by atoms with Crippen molar-refractivity contribution in [3.05, 3.63) is 23.8 Å². The van der Waals surface area contributed by atoms with Crippen molar-refractivity contribution in [2.75, 3.05) is 20.8 Å². The average molecular weight is 222 g/mol. The van der Waals surface area contributed by atoms with Gasteiger partial charge >= 0.3 is 5.97 Å². The summed E-state index contributed by atoms with van der Waals surface area (Å²) in [4.78, 5) is 11.2. The van der Waals surface area contributed by atoms with E-state index in [-0.39, 0.29) is 11.9 Å². The van der Waals surface area contributed by atoms with Crippen LogP contribution in [0.1, 0.15) is 17.9 Å². The van der Waals surface area contributed by atoms with Crippen molar-refractivity contribution in [3.8, 4) is 11.5 Å². The molecule has 0 radical (unpaired) electrons. The Morgan fingerprint density at radius 2 is 2.31 bits per heavy atom. The van der Waals surface area contributed by atoms with Gasteiger partial charge in [-0.05, 0) is 6.07 Å². The molecule has 0 fully saturated rings. The van der Waals surface area contributed by atoms with Gasteiger partial charge in [0.25, 0.3) is 0 Å². The summed E-state index contributed by atoms with van der Waals surface area (Å²) in [5, 5.41) is 0. The summed E-state index contributed by atoms with van der Waals surface area (Å²) in [5.74, 6) is 1.31. The quantitative estimate of drug-likeness (QED) is 0.731. The number of hydrogen-bond acceptors (Lipinski definition) is 4. The van der Waals surface area contributed by atoms with Crippen molar-refractivity contribution in [1.29, 1.82) is 0 Å². The molecule has 2 rings (SSSR count). The van der Waals surface area contributed by atoms with Gasteiger partial charge in [0.15, 0.2) is 11.5 Å². The zero-order chi connectivity index (χ0) is 11.5. The van der Waals surface area contributed by atoms with Crippen LogP contribution in [-0.2, 0) is 9.53 Å². The molecule has 16 heavy (non-hydrogen) atoms. The van der Waals surface area contributed by atoms with Gasteiger partial charge in [-0.15, -0.1) is 0 Å². The number of benzene rings is 1. The van der Waals surface area contributed by atoms with E-state index in [2.05, 4.69) is 4.74 Å². The van der Waals surface area contributed by atoms with E-state index >= 15 is 0 Å². The summed E-state index contributed by atoms with van der Waals surface area (Å²) in [5.41, 5.74) is 1.02. The fourth-order valence-corrected chi connectivity index (χ4v) is 1.90. The molecule has 0 saturated carbocycles. The molecular weight excluding hydrogens is 208 g/mol. The fraction of sp³-hybridized carbons (Fsp3) is 0.417. The molecule has 1 atom stereocenters. The van der Waals surface area contributed by atoms with E-state index in [0.717, 1.165) is 11.3 Å². The fourth-order valence-electron chi connectivity index (χ4n) is 1.90. The molecule has 0 N–H and O–H groups in total. The van der Waals surface area contributed by atoms with Crippen LogP contribution in [0, 0.1) is 0 Å². The van der Waals surface area contributed by atoms with Crippen molar-refractivity contribution in [2.45, 2.75) is 12.3 Å². The smallest absolute Gasteiger partial charge is 0.306 e. The van der Waals surface area contributed by atoms with Crippen LogP contribution in [0.4, 0.5) is 0 Å². The van der Waals surface area contributed by atoms with Crippen molar-refractivity contribution in [2.24, 2.45) is 0 Å². The lowest BCUT2D eigenvalue weighted by Gasteiger charge is -2.07. The summed E-state index contributed by atoms with van der Waals surface area (Å²) >= 11 is 0. The average Bonchev–Trinajstić information content (AvgIpc) is 2.72. The molecule has 4 heteroatoms. The second kappa shape index (κ2) is 4.43. The number of carbonyl (C=O) groups is 1. The van der Waals surface area contributed by atoms with Crippen LogP contribution in [0.15, 0.2) is 18.2 Å². The molecule has 1 aromatic rings. The molecule has 4 nitrogen and oxygen atoms in total. The maximum Gasteiger partial charge on any atom is 0.306 e. The third-order valence-electron chi connectivity index (χ3n) is 2.74. The third kappa shape index (κ3) is 1.83. The Hall–Kier alpha value is -1.71. The Balaban J connectivity index is 2.23. The highest BCUT2D eigenvalue weighted by Gasteiger charge is 2.28. The standard InChI is InChI=1S/C12H14O4/c1-14-10-5-3-4-9-8(6-11(13)15-2)7-16-12(9)10/h3-5,8H,6-7H2,1-2H3. The Labute approximate surface area is 94.1 Å². The molecule has 0 bridgehead atoms. The minimum Gasteiger partial charge on any atom is -0.493 e. The number of carbonyl (C=O) groups excluding carboxylic acids is 1. The van der Waals surface area contributed by atoms with E-state index in [9.17, 15) is 4.79 Å². The van der Waals surface area contributed by atoms with Crippen molar-refractivity contribution in [3.63, 3.8) is 0 Å².